The van der Waals surface area contributed by atoms with Gasteiger partial charge in [-0.2, -0.15) is 0 Å². The first-order valence-electron chi connectivity index (χ1n) is 5.79. The molecular formula is C12H15Br2N3O2. The van der Waals surface area contributed by atoms with Gasteiger partial charge in [0.25, 0.3) is 0 Å². The average molecular weight is 393 g/mol. The zero-order valence-corrected chi connectivity index (χ0v) is 13.6. The third kappa shape index (κ3) is 6.07. The van der Waals surface area contributed by atoms with Crippen LogP contribution in [0.1, 0.15) is 13.3 Å². The Labute approximate surface area is 128 Å². The van der Waals surface area contributed by atoms with Crippen LogP contribution in [0.4, 0.5) is 10.5 Å². The van der Waals surface area contributed by atoms with Crippen LogP contribution in [0.25, 0.3) is 0 Å². The Hall–Kier alpha value is -1.08. The van der Waals surface area contributed by atoms with Crippen molar-refractivity contribution in [2.45, 2.75) is 13.3 Å². The molecule has 19 heavy (non-hydrogen) atoms. The summed E-state index contributed by atoms with van der Waals surface area (Å²) in [5, 5.41) is 7.82. The summed E-state index contributed by atoms with van der Waals surface area (Å²) in [6, 6.07) is 5.00. The minimum absolute atomic E-state index is 0.0442. The molecule has 3 N–H and O–H groups in total. The lowest BCUT2D eigenvalue weighted by Crippen LogP contribution is -2.39. The molecular weight excluding hydrogens is 378 g/mol. The van der Waals surface area contributed by atoms with Gasteiger partial charge in [-0.3, -0.25) is 4.79 Å². The number of hydrogen-bond acceptors (Lipinski definition) is 2. The number of urea groups is 1. The number of carbonyl (C=O) groups is 2. The van der Waals surface area contributed by atoms with Gasteiger partial charge in [0.05, 0.1) is 12.2 Å². The van der Waals surface area contributed by atoms with E-state index in [1.807, 2.05) is 19.1 Å². The van der Waals surface area contributed by atoms with Gasteiger partial charge >= 0.3 is 6.03 Å². The number of hydrogen-bond donors (Lipinski definition) is 3. The molecule has 0 aliphatic heterocycles. The number of amides is 3. The molecule has 0 unspecified atom stereocenters. The first-order valence-corrected chi connectivity index (χ1v) is 7.38. The van der Waals surface area contributed by atoms with E-state index in [4.69, 9.17) is 0 Å². The molecule has 0 aliphatic rings. The van der Waals surface area contributed by atoms with Crippen LogP contribution in [-0.2, 0) is 4.79 Å². The van der Waals surface area contributed by atoms with Gasteiger partial charge in [0.15, 0.2) is 0 Å². The summed E-state index contributed by atoms with van der Waals surface area (Å²) >= 11 is 6.65. The van der Waals surface area contributed by atoms with Crippen LogP contribution in [0, 0.1) is 0 Å². The van der Waals surface area contributed by atoms with Crippen LogP contribution in [0.2, 0.25) is 0 Å². The molecule has 3 amide bonds. The van der Waals surface area contributed by atoms with Gasteiger partial charge in [-0.25, -0.2) is 4.79 Å². The fourth-order valence-electron chi connectivity index (χ4n) is 1.25. The van der Waals surface area contributed by atoms with Gasteiger partial charge in [-0.15, -0.1) is 0 Å². The lowest BCUT2D eigenvalue weighted by Gasteiger charge is -2.09. The van der Waals surface area contributed by atoms with Crippen molar-refractivity contribution in [2.24, 2.45) is 0 Å². The van der Waals surface area contributed by atoms with Crippen LogP contribution in [0.3, 0.4) is 0 Å². The summed E-state index contributed by atoms with van der Waals surface area (Å²) in [6.45, 7) is 2.53. The second-order valence-electron chi connectivity index (χ2n) is 3.78. The topological polar surface area (TPSA) is 70.2 Å². The Kier molecular flexibility index (Phi) is 6.86. The van der Waals surface area contributed by atoms with Crippen molar-refractivity contribution >= 4 is 49.5 Å². The lowest BCUT2D eigenvalue weighted by molar-refractivity contribution is -0.120. The fourth-order valence-corrected chi connectivity index (χ4v) is 1.95. The normalized spacial score (nSPS) is 9.84. The monoisotopic (exact) mass is 391 g/mol. The van der Waals surface area contributed by atoms with Crippen molar-refractivity contribution in [1.29, 1.82) is 0 Å². The first-order chi connectivity index (χ1) is 9.02. The maximum absolute atomic E-state index is 11.6. The molecule has 0 atom stereocenters. The lowest BCUT2D eigenvalue weighted by atomic mass is 10.3. The molecule has 0 aliphatic carbocycles. The van der Waals surface area contributed by atoms with Crippen molar-refractivity contribution < 1.29 is 9.59 Å². The number of benzene rings is 1. The molecule has 1 rings (SSSR count). The highest BCUT2D eigenvalue weighted by Gasteiger charge is 2.07. The third-order valence-electron chi connectivity index (χ3n) is 2.16. The highest BCUT2D eigenvalue weighted by atomic mass is 79.9. The average Bonchev–Trinajstić information content (AvgIpc) is 2.38. The Morgan fingerprint density at radius 1 is 1.21 bits per heavy atom. The minimum atomic E-state index is -0.426. The van der Waals surface area contributed by atoms with Crippen molar-refractivity contribution in [3.8, 4) is 0 Å². The van der Waals surface area contributed by atoms with Crippen LogP contribution in [0.5, 0.6) is 0 Å². The van der Waals surface area contributed by atoms with E-state index < -0.39 is 6.03 Å². The van der Waals surface area contributed by atoms with Gasteiger partial charge < -0.3 is 16.0 Å². The fraction of sp³-hybridized carbons (Fsp3) is 0.333. The summed E-state index contributed by atoms with van der Waals surface area (Å²) in [6.07, 6.45) is 0.864. The summed E-state index contributed by atoms with van der Waals surface area (Å²) in [7, 11) is 0. The Balaban J connectivity index is 2.43. The number of carbonyl (C=O) groups excluding carboxylic acids is 2. The zero-order valence-electron chi connectivity index (χ0n) is 10.4. The minimum Gasteiger partial charge on any atom is -0.355 e. The molecule has 0 radical (unpaired) electrons. The third-order valence-corrected chi connectivity index (χ3v) is 3.34. The van der Waals surface area contributed by atoms with E-state index in [1.165, 1.54) is 0 Å². The van der Waals surface area contributed by atoms with E-state index in [2.05, 4.69) is 47.8 Å². The quantitative estimate of drug-likeness (QED) is 0.720. The molecule has 0 spiro atoms. The summed E-state index contributed by atoms with van der Waals surface area (Å²) in [5.41, 5.74) is 0.626. The van der Waals surface area contributed by atoms with Crippen molar-refractivity contribution in [1.82, 2.24) is 10.6 Å². The predicted molar refractivity (Wildman–Crippen MR) is 82.2 cm³/mol. The van der Waals surface area contributed by atoms with Crippen LogP contribution < -0.4 is 16.0 Å². The maximum atomic E-state index is 11.6. The molecule has 104 valence electrons. The second-order valence-corrected chi connectivity index (χ2v) is 5.55. The second kappa shape index (κ2) is 8.16. The van der Waals surface area contributed by atoms with E-state index in [0.717, 1.165) is 15.4 Å². The Bertz CT molecular complexity index is 466. The molecule has 0 saturated carbocycles. The predicted octanol–water partition coefficient (Wildman–Crippen LogP) is 2.86. The standard InChI is InChI=1S/C12H15Br2N3O2/c1-2-5-15-11(18)7-16-12(19)17-10-6-8(13)3-4-9(10)14/h3-4,6H,2,5,7H2,1H3,(H,15,18)(H2,16,17,19). The van der Waals surface area contributed by atoms with Crippen LogP contribution >= 0.6 is 31.9 Å². The van der Waals surface area contributed by atoms with Crippen molar-refractivity contribution in [2.75, 3.05) is 18.4 Å². The van der Waals surface area contributed by atoms with E-state index in [-0.39, 0.29) is 12.5 Å². The maximum Gasteiger partial charge on any atom is 0.319 e. The van der Waals surface area contributed by atoms with E-state index in [1.54, 1.807) is 6.07 Å². The summed E-state index contributed by atoms with van der Waals surface area (Å²) in [4.78, 5) is 22.9. The molecule has 0 heterocycles. The number of nitrogens with one attached hydrogen (secondary N) is 3. The SMILES string of the molecule is CCCNC(=O)CNC(=O)Nc1cc(Br)ccc1Br. The van der Waals surface area contributed by atoms with E-state index in [0.29, 0.717) is 12.2 Å². The molecule has 1 aromatic carbocycles. The van der Waals surface area contributed by atoms with Gasteiger partial charge in [-0.05, 0) is 40.5 Å². The van der Waals surface area contributed by atoms with Crippen molar-refractivity contribution in [3.05, 3.63) is 27.1 Å². The summed E-state index contributed by atoms with van der Waals surface area (Å²) < 4.78 is 1.62. The van der Waals surface area contributed by atoms with Gasteiger partial charge in [0.2, 0.25) is 5.91 Å². The molecule has 0 bridgehead atoms. The molecule has 1 aromatic rings. The highest BCUT2D eigenvalue weighted by Crippen LogP contribution is 2.25. The van der Waals surface area contributed by atoms with E-state index >= 15 is 0 Å². The smallest absolute Gasteiger partial charge is 0.319 e. The zero-order chi connectivity index (χ0) is 14.3. The number of halogens is 2. The molecule has 7 heteroatoms. The first kappa shape index (κ1) is 16.0. The Morgan fingerprint density at radius 2 is 1.95 bits per heavy atom. The Morgan fingerprint density at radius 3 is 2.63 bits per heavy atom. The largest absolute Gasteiger partial charge is 0.355 e. The summed E-state index contributed by atoms with van der Waals surface area (Å²) in [5.74, 6) is -0.203. The highest BCUT2D eigenvalue weighted by molar-refractivity contribution is 9.11. The van der Waals surface area contributed by atoms with Gasteiger partial charge in [0, 0.05) is 15.5 Å². The number of rotatable bonds is 5. The van der Waals surface area contributed by atoms with Gasteiger partial charge in [0.1, 0.15) is 0 Å². The van der Waals surface area contributed by atoms with Crippen LogP contribution in [0.15, 0.2) is 27.1 Å². The molecule has 0 saturated heterocycles. The molecule has 0 aromatic heterocycles. The molecule has 5 nitrogen and oxygen atoms in total. The molecule has 0 fully saturated rings. The number of anilines is 1. The van der Waals surface area contributed by atoms with Crippen LogP contribution in [-0.4, -0.2) is 25.0 Å². The van der Waals surface area contributed by atoms with E-state index in [9.17, 15) is 9.59 Å². The van der Waals surface area contributed by atoms with Gasteiger partial charge in [-0.1, -0.05) is 22.9 Å². The van der Waals surface area contributed by atoms with Crippen molar-refractivity contribution in [3.63, 3.8) is 0 Å².